The van der Waals surface area contributed by atoms with Gasteiger partial charge < -0.3 is 4.74 Å². The van der Waals surface area contributed by atoms with Crippen molar-refractivity contribution in [3.63, 3.8) is 0 Å². The van der Waals surface area contributed by atoms with Crippen LogP contribution < -0.4 is 0 Å². The number of rotatable bonds is 2. The fraction of sp³-hybridized carbons (Fsp3) is 0.0909. The van der Waals surface area contributed by atoms with Crippen LogP contribution >= 0.6 is 0 Å². The minimum absolute atomic E-state index is 0.350. The highest BCUT2D eigenvalue weighted by Gasteiger charge is 2.29. The number of esters is 2. The van der Waals surface area contributed by atoms with Crippen LogP contribution in [0.25, 0.3) is 0 Å². The molecule has 1 aromatic carbocycles. The van der Waals surface area contributed by atoms with Crippen LogP contribution in [0.3, 0.4) is 0 Å². The SMILES string of the molecule is C=CCc1ccc2c(c1)C(=O)OC2=O. The van der Waals surface area contributed by atoms with Gasteiger partial charge in [-0.3, -0.25) is 0 Å². The summed E-state index contributed by atoms with van der Waals surface area (Å²) >= 11 is 0. The minimum atomic E-state index is -0.560. The van der Waals surface area contributed by atoms with Crippen LogP contribution in [0, 0.1) is 0 Å². The first kappa shape index (κ1) is 8.69. The predicted octanol–water partition coefficient (Wildman–Crippen LogP) is 1.73. The molecule has 3 nitrogen and oxygen atoms in total. The fourth-order valence-electron chi connectivity index (χ4n) is 1.43. The average Bonchev–Trinajstić information content (AvgIpc) is 2.43. The molecule has 1 aliphatic heterocycles. The van der Waals surface area contributed by atoms with Gasteiger partial charge in [-0.25, -0.2) is 9.59 Å². The lowest BCUT2D eigenvalue weighted by atomic mass is 10.0. The summed E-state index contributed by atoms with van der Waals surface area (Å²) in [7, 11) is 0. The molecule has 3 heteroatoms. The molecule has 0 atom stereocenters. The molecule has 0 saturated carbocycles. The molecule has 70 valence electrons. The molecule has 0 N–H and O–H groups in total. The van der Waals surface area contributed by atoms with Crippen molar-refractivity contribution in [3.8, 4) is 0 Å². The molecule has 1 aromatic rings. The van der Waals surface area contributed by atoms with Crippen LogP contribution in [0.5, 0.6) is 0 Å². The molecule has 0 aromatic heterocycles. The zero-order chi connectivity index (χ0) is 10.1. The normalized spacial score (nSPS) is 13.7. The van der Waals surface area contributed by atoms with Crippen LogP contribution in [0.1, 0.15) is 26.3 Å². The van der Waals surface area contributed by atoms with Gasteiger partial charge in [-0.05, 0) is 24.1 Å². The van der Waals surface area contributed by atoms with E-state index in [1.165, 1.54) is 0 Å². The molecule has 0 spiro atoms. The van der Waals surface area contributed by atoms with Crippen molar-refractivity contribution in [3.05, 3.63) is 47.5 Å². The van der Waals surface area contributed by atoms with Crippen molar-refractivity contribution in [1.29, 1.82) is 0 Å². The summed E-state index contributed by atoms with van der Waals surface area (Å²) in [5.41, 5.74) is 1.66. The Bertz CT molecular complexity index is 432. The lowest BCUT2D eigenvalue weighted by molar-refractivity contribution is 0.0444. The lowest BCUT2D eigenvalue weighted by Crippen LogP contribution is -1.96. The van der Waals surface area contributed by atoms with Gasteiger partial charge >= 0.3 is 11.9 Å². The van der Waals surface area contributed by atoms with Crippen molar-refractivity contribution in [2.75, 3.05) is 0 Å². The summed E-state index contributed by atoms with van der Waals surface area (Å²) in [6.45, 7) is 3.60. The topological polar surface area (TPSA) is 43.4 Å². The summed E-state index contributed by atoms with van der Waals surface area (Å²) < 4.78 is 4.46. The van der Waals surface area contributed by atoms with Crippen molar-refractivity contribution in [2.45, 2.75) is 6.42 Å². The third-order valence-electron chi connectivity index (χ3n) is 2.09. The summed E-state index contributed by atoms with van der Waals surface area (Å²) in [6.07, 6.45) is 2.42. The molecule has 0 bridgehead atoms. The number of hydrogen-bond donors (Lipinski definition) is 0. The highest BCUT2D eigenvalue weighted by molar-refractivity contribution is 6.14. The van der Waals surface area contributed by atoms with Crippen LogP contribution in [0.2, 0.25) is 0 Å². The molecular weight excluding hydrogens is 180 g/mol. The zero-order valence-corrected chi connectivity index (χ0v) is 7.45. The first-order valence-corrected chi connectivity index (χ1v) is 4.22. The first-order chi connectivity index (χ1) is 6.72. The Balaban J connectivity index is 2.49. The molecule has 14 heavy (non-hydrogen) atoms. The molecule has 1 aliphatic rings. The molecule has 0 aliphatic carbocycles. The third-order valence-corrected chi connectivity index (χ3v) is 2.09. The first-order valence-electron chi connectivity index (χ1n) is 4.22. The van der Waals surface area contributed by atoms with Gasteiger partial charge in [0.25, 0.3) is 0 Å². The highest BCUT2D eigenvalue weighted by atomic mass is 16.6. The van der Waals surface area contributed by atoms with Gasteiger partial charge in [-0.1, -0.05) is 12.1 Å². The van der Waals surface area contributed by atoms with Crippen LogP contribution in [0.4, 0.5) is 0 Å². The number of allylic oxidation sites excluding steroid dienone is 1. The summed E-state index contributed by atoms with van der Waals surface area (Å²) in [6, 6.07) is 5.08. The number of ether oxygens (including phenoxy) is 1. The van der Waals surface area contributed by atoms with Crippen molar-refractivity contribution in [2.24, 2.45) is 0 Å². The largest absolute Gasteiger partial charge is 0.386 e. The molecule has 0 amide bonds. The maximum Gasteiger partial charge on any atom is 0.346 e. The van der Waals surface area contributed by atoms with E-state index in [4.69, 9.17) is 0 Å². The van der Waals surface area contributed by atoms with E-state index in [0.717, 1.165) is 5.56 Å². The zero-order valence-electron chi connectivity index (χ0n) is 7.45. The van der Waals surface area contributed by atoms with E-state index in [9.17, 15) is 9.59 Å². The number of fused-ring (bicyclic) bond motifs is 1. The highest BCUT2D eigenvalue weighted by Crippen LogP contribution is 2.21. The molecular formula is C11H8O3. The van der Waals surface area contributed by atoms with E-state index >= 15 is 0 Å². The smallest absolute Gasteiger partial charge is 0.346 e. The van der Waals surface area contributed by atoms with Gasteiger partial charge in [0, 0.05) is 0 Å². The van der Waals surface area contributed by atoms with Gasteiger partial charge in [0.1, 0.15) is 0 Å². The maximum atomic E-state index is 11.2. The Kier molecular flexibility index (Phi) is 1.93. The van der Waals surface area contributed by atoms with Crippen molar-refractivity contribution < 1.29 is 14.3 Å². The van der Waals surface area contributed by atoms with Crippen LogP contribution in [-0.2, 0) is 11.2 Å². The number of benzene rings is 1. The Morgan fingerprint density at radius 3 is 2.64 bits per heavy atom. The van der Waals surface area contributed by atoms with Gasteiger partial charge in [0.15, 0.2) is 0 Å². The van der Waals surface area contributed by atoms with E-state index < -0.39 is 11.9 Å². The van der Waals surface area contributed by atoms with E-state index in [0.29, 0.717) is 17.5 Å². The maximum absolute atomic E-state index is 11.2. The average molecular weight is 188 g/mol. The van der Waals surface area contributed by atoms with E-state index in [1.54, 1.807) is 24.3 Å². The summed E-state index contributed by atoms with van der Waals surface area (Å²) in [5, 5.41) is 0. The van der Waals surface area contributed by atoms with Gasteiger partial charge in [-0.15, -0.1) is 6.58 Å². The van der Waals surface area contributed by atoms with E-state index in [2.05, 4.69) is 11.3 Å². The second-order valence-electron chi connectivity index (χ2n) is 3.05. The Morgan fingerprint density at radius 1 is 1.21 bits per heavy atom. The number of hydrogen-bond acceptors (Lipinski definition) is 3. The van der Waals surface area contributed by atoms with Crippen LogP contribution in [-0.4, -0.2) is 11.9 Å². The number of cyclic esters (lactones) is 2. The monoisotopic (exact) mass is 188 g/mol. The summed E-state index contributed by atoms with van der Waals surface area (Å²) in [5.74, 6) is -1.12. The Labute approximate surface area is 81.0 Å². The Hall–Kier alpha value is -1.90. The second-order valence-corrected chi connectivity index (χ2v) is 3.05. The quantitative estimate of drug-likeness (QED) is 0.403. The fourth-order valence-corrected chi connectivity index (χ4v) is 1.43. The van der Waals surface area contributed by atoms with Crippen LogP contribution in [0.15, 0.2) is 30.9 Å². The second kappa shape index (κ2) is 3.10. The van der Waals surface area contributed by atoms with Crippen molar-refractivity contribution in [1.82, 2.24) is 0 Å². The standard InChI is InChI=1S/C11H8O3/c1-2-3-7-4-5-8-9(6-7)11(13)14-10(8)12/h2,4-6H,1,3H2. The third kappa shape index (κ3) is 1.23. The molecule has 0 unspecified atom stereocenters. The summed E-state index contributed by atoms with van der Waals surface area (Å²) in [4.78, 5) is 22.2. The molecule has 0 saturated heterocycles. The van der Waals surface area contributed by atoms with Gasteiger partial charge in [-0.2, -0.15) is 0 Å². The molecule has 2 rings (SSSR count). The van der Waals surface area contributed by atoms with E-state index in [1.807, 2.05) is 0 Å². The number of carbonyl (C=O) groups is 2. The van der Waals surface area contributed by atoms with Gasteiger partial charge in [0.2, 0.25) is 0 Å². The number of carbonyl (C=O) groups excluding carboxylic acids is 2. The lowest BCUT2D eigenvalue weighted by Gasteiger charge is -1.97. The van der Waals surface area contributed by atoms with Gasteiger partial charge in [0.05, 0.1) is 11.1 Å². The minimum Gasteiger partial charge on any atom is -0.386 e. The Morgan fingerprint density at radius 2 is 1.93 bits per heavy atom. The van der Waals surface area contributed by atoms with Crippen molar-refractivity contribution >= 4 is 11.9 Å². The molecule has 0 radical (unpaired) electrons. The molecule has 0 fully saturated rings. The predicted molar refractivity (Wildman–Crippen MR) is 50.1 cm³/mol. The van der Waals surface area contributed by atoms with E-state index in [-0.39, 0.29) is 0 Å². The molecule has 1 heterocycles.